The first kappa shape index (κ1) is 11.9. The average molecular weight is 226 g/mol. The van der Waals surface area contributed by atoms with E-state index in [-0.39, 0.29) is 17.2 Å². The number of piperidine rings is 1. The van der Waals surface area contributed by atoms with Gasteiger partial charge < -0.3 is 15.4 Å². The van der Waals surface area contributed by atoms with Gasteiger partial charge in [-0.05, 0) is 31.2 Å². The molecule has 2 aliphatic rings. The predicted octanol–water partition coefficient (Wildman–Crippen LogP) is 0.610. The zero-order chi connectivity index (χ0) is 11.6. The highest BCUT2D eigenvalue weighted by Gasteiger charge is 2.34. The summed E-state index contributed by atoms with van der Waals surface area (Å²) in [5.41, 5.74) is 6.00. The standard InChI is InChI=1S/C12H22N2O2/c1-12(9-13)3-5-14(6-4-12)11(15)10-2-7-16-8-10/h10H,2-9,13H2,1H3. The zero-order valence-corrected chi connectivity index (χ0v) is 10.1. The molecule has 0 aliphatic carbocycles. The van der Waals surface area contributed by atoms with E-state index >= 15 is 0 Å². The van der Waals surface area contributed by atoms with E-state index in [1.807, 2.05) is 4.90 Å². The largest absolute Gasteiger partial charge is 0.381 e. The maximum atomic E-state index is 12.1. The van der Waals surface area contributed by atoms with Crippen LogP contribution in [0, 0.1) is 11.3 Å². The average Bonchev–Trinajstić information content (AvgIpc) is 2.83. The summed E-state index contributed by atoms with van der Waals surface area (Å²) < 4.78 is 5.26. The van der Waals surface area contributed by atoms with E-state index in [1.165, 1.54) is 0 Å². The minimum absolute atomic E-state index is 0.113. The Morgan fingerprint density at radius 3 is 2.69 bits per heavy atom. The molecule has 2 rings (SSSR count). The molecule has 1 unspecified atom stereocenters. The monoisotopic (exact) mass is 226 g/mol. The maximum Gasteiger partial charge on any atom is 0.228 e. The molecular weight excluding hydrogens is 204 g/mol. The second-order valence-corrected chi connectivity index (χ2v) is 5.40. The molecule has 0 aromatic heterocycles. The smallest absolute Gasteiger partial charge is 0.228 e. The van der Waals surface area contributed by atoms with Gasteiger partial charge in [-0.1, -0.05) is 6.92 Å². The number of carbonyl (C=O) groups is 1. The molecule has 4 nitrogen and oxygen atoms in total. The van der Waals surface area contributed by atoms with E-state index in [1.54, 1.807) is 0 Å². The number of nitrogens with zero attached hydrogens (tertiary/aromatic N) is 1. The molecule has 2 saturated heterocycles. The highest BCUT2D eigenvalue weighted by atomic mass is 16.5. The number of rotatable bonds is 2. The summed E-state index contributed by atoms with van der Waals surface area (Å²) in [6.07, 6.45) is 2.95. The first-order chi connectivity index (χ1) is 7.64. The Kier molecular flexibility index (Phi) is 3.50. The van der Waals surface area contributed by atoms with Crippen molar-refractivity contribution in [3.05, 3.63) is 0 Å². The van der Waals surface area contributed by atoms with Crippen LogP contribution in [0.4, 0.5) is 0 Å². The van der Waals surface area contributed by atoms with Crippen molar-refractivity contribution < 1.29 is 9.53 Å². The van der Waals surface area contributed by atoms with Gasteiger partial charge >= 0.3 is 0 Å². The quantitative estimate of drug-likeness (QED) is 0.750. The van der Waals surface area contributed by atoms with E-state index in [2.05, 4.69) is 6.92 Å². The van der Waals surface area contributed by atoms with Gasteiger partial charge in [0.1, 0.15) is 0 Å². The second-order valence-electron chi connectivity index (χ2n) is 5.40. The Morgan fingerprint density at radius 1 is 1.50 bits per heavy atom. The lowest BCUT2D eigenvalue weighted by atomic mass is 9.80. The van der Waals surface area contributed by atoms with Crippen LogP contribution >= 0.6 is 0 Å². The van der Waals surface area contributed by atoms with Gasteiger partial charge in [0, 0.05) is 19.7 Å². The fraction of sp³-hybridized carbons (Fsp3) is 0.917. The molecule has 2 heterocycles. The molecular formula is C12H22N2O2. The van der Waals surface area contributed by atoms with Crippen molar-refractivity contribution in [3.8, 4) is 0 Å². The lowest BCUT2D eigenvalue weighted by Gasteiger charge is -2.39. The highest BCUT2D eigenvalue weighted by Crippen LogP contribution is 2.30. The number of likely N-dealkylation sites (tertiary alicyclic amines) is 1. The maximum absolute atomic E-state index is 12.1. The molecule has 0 bridgehead atoms. The number of carbonyl (C=O) groups excluding carboxylic acids is 1. The van der Waals surface area contributed by atoms with E-state index < -0.39 is 0 Å². The van der Waals surface area contributed by atoms with Crippen LogP contribution in [0.2, 0.25) is 0 Å². The van der Waals surface area contributed by atoms with Crippen molar-refractivity contribution >= 4 is 5.91 Å². The van der Waals surface area contributed by atoms with Crippen LogP contribution in [0.1, 0.15) is 26.2 Å². The molecule has 0 aromatic rings. The minimum Gasteiger partial charge on any atom is -0.381 e. The van der Waals surface area contributed by atoms with Gasteiger partial charge in [0.25, 0.3) is 0 Å². The number of hydrogen-bond donors (Lipinski definition) is 1. The third-order valence-electron chi connectivity index (χ3n) is 4.05. The van der Waals surface area contributed by atoms with Crippen LogP contribution in [0.3, 0.4) is 0 Å². The molecule has 1 atom stereocenters. The molecule has 2 N–H and O–H groups in total. The van der Waals surface area contributed by atoms with Crippen molar-refractivity contribution in [2.75, 3.05) is 32.8 Å². The van der Waals surface area contributed by atoms with Gasteiger partial charge in [-0.3, -0.25) is 4.79 Å². The summed E-state index contributed by atoms with van der Waals surface area (Å²) in [7, 11) is 0. The number of nitrogens with two attached hydrogens (primary N) is 1. The van der Waals surface area contributed by atoms with Crippen molar-refractivity contribution in [2.24, 2.45) is 17.1 Å². The molecule has 92 valence electrons. The minimum atomic E-state index is 0.113. The SMILES string of the molecule is CC1(CN)CCN(C(=O)C2CCOC2)CC1. The summed E-state index contributed by atoms with van der Waals surface area (Å²) in [6.45, 7) is 6.02. The summed E-state index contributed by atoms with van der Waals surface area (Å²) in [5, 5.41) is 0. The lowest BCUT2D eigenvalue weighted by Crippen LogP contribution is -2.46. The number of hydrogen-bond acceptors (Lipinski definition) is 3. The fourth-order valence-electron chi connectivity index (χ4n) is 2.46. The van der Waals surface area contributed by atoms with E-state index in [0.29, 0.717) is 6.61 Å². The summed E-state index contributed by atoms with van der Waals surface area (Å²) in [5.74, 6) is 0.402. The first-order valence-corrected chi connectivity index (χ1v) is 6.21. The molecule has 2 fully saturated rings. The topological polar surface area (TPSA) is 55.6 Å². The molecule has 0 spiro atoms. The van der Waals surface area contributed by atoms with E-state index in [0.717, 1.165) is 45.5 Å². The van der Waals surface area contributed by atoms with Gasteiger partial charge in [-0.25, -0.2) is 0 Å². The first-order valence-electron chi connectivity index (χ1n) is 6.21. The van der Waals surface area contributed by atoms with Gasteiger partial charge in [-0.2, -0.15) is 0 Å². The van der Waals surface area contributed by atoms with Crippen LogP contribution in [0.25, 0.3) is 0 Å². The third-order valence-corrected chi connectivity index (χ3v) is 4.05. The van der Waals surface area contributed by atoms with Gasteiger partial charge in [0.05, 0.1) is 12.5 Å². The summed E-state index contributed by atoms with van der Waals surface area (Å²) in [4.78, 5) is 14.1. The Hall–Kier alpha value is -0.610. The summed E-state index contributed by atoms with van der Waals surface area (Å²) in [6, 6.07) is 0. The lowest BCUT2D eigenvalue weighted by molar-refractivity contribution is -0.137. The Morgan fingerprint density at radius 2 is 2.19 bits per heavy atom. The van der Waals surface area contributed by atoms with Gasteiger partial charge in [0.15, 0.2) is 0 Å². The van der Waals surface area contributed by atoms with Crippen molar-refractivity contribution in [2.45, 2.75) is 26.2 Å². The molecule has 1 amide bonds. The number of ether oxygens (including phenoxy) is 1. The predicted molar refractivity (Wildman–Crippen MR) is 61.9 cm³/mol. The molecule has 0 saturated carbocycles. The molecule has 2 aliphatic heterocycles. The number of amides is 1. The Labute approximate surface area is 97.1 Å². The van der Waals surface area contributed by atoms with Gasteiger partial charge in [0.2, 0.25) is 5.91 Å². The highest BCUT2D eigenvalue weighted by molar-refractivity contribution is 5.79. The van der Waals surface area contributed by atoms with Crippen LogP contribution in [-0.4, -0.2) is 43.7 Å². The van der Waals surface area contributed by atoms with E-state index in [4.69, 9.17) is 10.5 Å². The fourth-order valence-corrected chi connectivity index (χ4v) is 2.46. The normalized spacial score (nSPS) is 29.4. The molecule has 4 heteroatoms. The Bertz CT molecular complexity index is 254. The summed E-state index contributed by atoms with van der Waals surface area (Å²) >= 11 is 0. The van der Waals surface area contributed by atoms with Crippen LogP contribution < -0.4 is 5.73 Å². The van der Waals surface area contributed by atoms with Gasteiger partial charge in [-0.15, -0.1) is 0 Å². The zero-order valence-electron chi connectivity index (χ0n) is 10.1. The van der Waals surface area contributed by atoms with Crippen LogP contribution in [0.15, 0.2) is 0 Å². The molecule has 0 aromatic carbocycles. The Balaban J connectivity index is 1.86. The van der Waals surface area contributed by atoms with Crippen molar-refractivity contribution in [1.29, 1.82) is 0 Å². The molecule has 16 heavy (non-hydrogen) atoms. The second kappa shape index (κ2) is 4.72. The van der Waals surface area contributed by atoms with Crippen molar-refractivity contribution in [1.82, 2.24) is 4.90 Å². The van der Waals surface area contributed by atoms with Crippen LogP contribution in [-0.2, 0) is 9.53 Å². The van der Waals surface area contributed by atoms with Crippen LogP contribution in [0.5, 0.6) is 0 Å². The van der Waals surface area contributed by atoms with Crippen molar-refractivity contribution in [3.63, 3.8) is 0 Å². The third kappa shape index (κ3) is 2.38. The van der Waals surface area contributed by atoms with E-state index in [9.17, 15) is 4.79 Å². The molecule has 0 radical (unpaired) electrons.